The number of likely N-dealkylation sites (N-methyl/N-ethyl adjacent to an activating group) is 3. The minimum absolute atomic E-state index is 0.168. The molecule has 2 atom stereocenters. The molecule has 0 rings (SSSR count). The molecule has 20 heavy (non-hydrogen) atoms. The van der Waals surface area contributed by atoms with Crippen molar-refractivity contribution in [3.8, 4) is 0 Å². The second kappa shape index (κ2) is 9.32. The van der Waals surface area contributed by atoms with E-state index in [1.165, 1.54) is 0 Å². The normalized spacial score (nSPS) is 16.2. The van der Waals surface area contributed by atoms with Gasteiger partial charge in [0.05, 0.1) is 6.61 Å². The van der Waals surface area contributed by atoms with Gasteiger partial charge < -0.3 is 15.0 Å². The van der Waals surface area contributed by atoms with Gasteiger partial charge in [0.2, 0.25) is 0 Å². The molecule has 0 aliphatic carbocycles. The van der Waals surface area contributed by atoms with Crippen molar-refractivity contribution < 1.29 is 9.53 Å². The van der Waals surface area contributed by atoms with E-state index in [1.807, 2.05) is 20.9 Å². The first-order valence-electron chi connectivity index (χ1n) is 7.55. The highest BCUT2D eigenvalue weighted by Crippen LogP contribution is 2.14. The van der Waals surface area contributed by atoms with Crippen LogP contribution in [0.15, 0.2) is 0 Å². The maximum atomic E-state index is 12.0. The fourth-order valence-electron chi connectivity index (χ4n) is 2.32. The minimum Gasteiger partial charge on any atom is -0.465 e. The van der Waals surface area contributed by atoms with Crippen LogP contribution in [0.1, 0.15) is 34.1 Å². The largest absolute Gasteiger partial charge is 0.465 e. The molecule has 0 heterocycles. The highest BCUT2D eigenvalue weighted by atomic mass is 16.5. The topological polar surface area (TPSA) is 44.8 Å². The van der Waals surface area contributed by atoms with Gasteiger partial charge in [-0.25, -0.2) is 0 Å². The zero-order chi connectivity index (χ0) is 15.8. The van der Waals surface area contributed by atoms with Crippen molar-refractivity contribution in [1.29, 1.82) is 0 Å². The predicted molar refractivity (Wildman–Crippen MR) is 84.0 cm³/mol. The summed E-state index contributed by atoms with van der Waals surface area (Å²) in [5, 5.41) is 3.11. The van der Waals surface area contributed by atoms with Crippen molar-refractivity contribution in [3.05, 3.63) is 0 Å². The SMILES string of the molecule is CCOC(=O)C(C)(CCN(CC)C(C)CN(C)C)NC. The van der Waals surface area contributed by atoms with Gasteiger partial charge in [0.15, 0.2) is 0 Å². The smallest absolute Gasteiger partial charge is 0.326 e. The quantitative estimate of drug-likeness (QED) is 0.612. The monoisotopic (exact) mass is 287 g/mol. The summed E-state index contributed by atoms with van der Waals surface area (Å²) in [6, 6.07) is 0.471. The van der Waals surface area contributed by atoms with E-state index in [2.05, 4.69) is 43.1 Å². The number of nitrogens with one attached hydrogen (secondary N) is 1. The second-order valence-corrected chi connectivity index (χ2v) is 5.79. The molecular formula is C15H33N3O2. The number of nitrogens with zero attached hydrogens (tertiary/aromatic N) is 2. The van der Waals surface area contributed by atoms with Crippen molar-refractivity contribution in [2.75, 3.05) is 47.4 Å². The maximum Gasteiger partial charge on any atom is 0.326 e. The van der Waals surface area contributed by atoms with E-state index in [-0.39, 0.29) is 5.97 Å². The lowest BCUT2D eigenvalue weighted by molar-refractivity contribution is -0.150. The van der Waals surface area contributed by atoms with Crippen molar-refractivity contribution in [2.45, 2.75) is 45.7 Å². The number of carbonyl (C=O) groups is 1. The zero-order valence-corrected chi connectivity index (χ0v) is 14.3. The Morgan fingerprint density at radius 2 is 1.95 bits per heavy atom. The van der Waals surface area contributed by atoms with Crippen molar-refractivity contribution in [3.63, 3.8) is 0 Å². The van der Waals surface area contributed by atoms with Gasteiger partial charge in [0.1, 0.15) is 5.54 Å². The molecule has 5 nitrogen and oxygen atoms in total. The first-order chi connectivity index (χ1) is 9.30. The Bertz CT molecular complexity index is 284. The molecule has 0 fully saturated rings. The van der Waals surface area contributed by atoms with Gasteiger partial charge >= 0.3 is 5.97 Å². The van der Waals surface area contributed by atoms with Crippen LogP contribution in [0.3, 0.4) is 0 Å². The van der Waals surface area contributed by atoms with Gasteiger partial charge in [-0.05, 0) is 54.9 Å². The molecule has 0 saturated heterocycles. The molecule has 0 aliphatic heterocycles. The summed E-state index contributed by atoms with van der Waals surface area (Å²) in [5.74, 6) is -0.168. The molecule has 120 valence electrons. The fourth-order valence-corrected chi connectivity index (χ4v) is 2.32. The van der Waals surface area contributed by atoms with E-state index in [0.29, 0.717) is 12.6 Å². The molecule has 1 N–H and O–H groups in total. The Labute approximate surface area is 124 Å². The van der Waals surface area contributed by atoms with Crippen LogP contribution in [0.4, 0.5) is 0 Å². The van der Waals surface area contributed by atoms with Crippen LogP contribution in [0.5, 0.6) is 0 Å². The number of hydrogen-bond donors (Lipinski definition) is 1. The Morgan fingerprint density at radius 1 is 1.35 bits per heavy atom. The summed E-state index contributed by atoms with van der Waals surface area (Å²) in [4.78, 5) is 16.6. The summed E-state index contributed by atoms with van der Waals surface area (Å²) in [5.41, 5.74) is -0.610. The molecule has 2 unspecified atom stereocenters. The predicted octanol–water partition coefficient (Wildman–Crippen LogP) is 1.19. The summed E-state index contributed by atoms with van der Waals surface area (Å²) in [6.45, 7) is 11.4. The van der Waals surface area contributed by atoms with Crippen LogP contribution in [-0.4, -0.2) is 74.7 Å². The van der Waals surface area contributed by atoms with Crippen LogP contribution in [-0.2, 0) is 9.53 Å². The summed E-state index contributed by atoms with van der Waals surface area (Å²) < 4.78 is 5.16. The summed E-state index contributed by atoms with van der Waals surface area (Å²) >= 11 is 0. The van der Waals surface area contributed by atoms with Gasteiger partial charge in [-0.3, -0.25) is 9.69 Å². The lowest BCUT2D eigenvalue weighted by Crippen LogP contribution is -2.51. The first-order valence-corrected chi connectivity index (χ1v) is 7.55. The zero-order valence-electron chi connectivity index (χ0n) is 14.3. The van der Waals surface area contributed by atoms with E-state index >= 15 is 0 Å². The summed E-state index contributed by atoms with van der Waals surface area (Å²) in [6.07, 6.45) is 0.744. The van der Waals surface area contributed by atoms with Gasteiger partial charge in [-0.2, -0.15) is 0 Å². The van der Waals surface area contributed by atoms with Crippen molar-refractivity contribution in [2.24, 2.45) is 0 Å². The molecule has 5 heteroatoms. The van der Waals surface area contributed by atoms with Crippen LogP contribution < -0.4 is 5.32 Å². The molecule has 0 bridgehead atoms. The lowest BCUT2D eigenvalue weighted by atomic mass is 9.97. The second-order valence-electron chi connectivity index (χ2n) is 5.79. The number of rotatable bonds is 10. The maximum absolute atomic E-state index is 12.0. The lowest BCUT2D eigenvalue weighted by Gasteiger charge is -2.34. The standard InChI is InChI=1S/C15H33N3O2/c1-8-18(13(3)12-17(6)7)11-10-15(4,16-5)14(19)20-9-2/h13,16H,8-12H2,1-7H3. The third kappa shape index (κ3) is 6.20. The molecule has 0 radical (unpaired) electrons. The number of hydrogen-bond acceptors (Lipinski definition) is 5. The van der Waals surface area contributed by atoms with Gasteiger partial charge in [0.25, 0.3) is 0 Å². The molecule has 0 aromatic heterocycles. The van der Waals surface area contributed by atoms with E-state index in [9.17, 15) is 4.79 Å². The average Bonchev–Trinajstić information content (AvgIpc) is 2.38. The highest BCUT2D eigenvalue weighted by molar-refractivity contribution is 5.80. The van der Waals surface area contributed by atoms with E-state index in [0.717, 1.165) is 26.1 Å². The van der Waals surface area contributed by atoms with Gasteiger partial charge in [-0.15, -0.1) is 0 Å². The molecular weight excluding hydrogens is 254 g/mol. The van der Waals surface area contributed by atoms with E-state index in [4.69, 9.17) is 4.74 Å². The fraction of sp³-hybridized carbons (Fsp3) is 0.933. The van der Waals surface area contributed by atoms with Crippen molar-refractivity contribution >= 4 is 5.97 Å². The van der Waals surface area contributed by atoms with Crippen LogP contribution in [0.2, 0.25) is 0 Å². The van der Waals surface area contributed by atoms with Gasteiger partial charge in [-0.1, -0.05) is 6.92 Å². The third-order valence-electron chi connectivity index (χ3n) is 3.84. The number of ether oxygens (including phenoxy) is 1. The number of carbonyl (C=O) groups excluding carboxylic acids is 1. The Balaban J connectivity index is 4.55. The Kier molecular flexibility index (Phi) is 9.01. The number of esters is 1. The van der Waals surface area contributed by atoms with Gasteiger partial charge in [0, 0.05) is 19.1 Å². The third-order valence-corrected chi connectivity index (χ3v) is 3.84. The molecule has 0 aliphatic rings. The Morgan fingerprint density at radius 3 is 2.35 bits per heavy atom. The molecule has 0 aromatic rings. The van der Waals surface area contributed by atoms with Crippen LogP contribution in [0, 0.1) is 0 Å². The first kappa shape index (κ1) is 19.4. The van der Waals surface area contributed by atoms with E-state index < -0.39 is 5.54 Å². The molecule has 0 amide bonds. The average molecular weight is 287 g/mol. The summed E-state index contributed by atoms with van der Waals surface area (Å²) in [7, 11) is 5.98. The van der Waals surface area contributed by atoms with Crippen molar-refractivity contribution in [1.82, 2.24) is 15.1 Å². The van der Waals surface area contributed by atoms with Crippen LogP contribution in [0.25, 0.3) is 0 Å². The highest BCUT2D eigenvalue weighted by Gasteiger charge is 2.33. The molecule has 0 aromatic carbocycles. The van der Waals surface area contributed by atoms with E-state index in [1.54, 1.807) is 0 Å². The minimum atomic E-state index is -0.610. The Hall–Kier alpha value is -0.650. The van der Waals surface area contributed by atoms with Crippen LogP contribution >= 0.6 is 0 Å². The molecule has 0 saturated carbocycles. The molecule has 0 spiro atoms.